The predicted octanol–water partition coefficient (Wildman–Crippen LogP) is 2.00. The highest BCUT2D eigenvalue weighted by atomic mass is 16.7. The Morgan fingerprint density at radius 2 is 1.29 bits per heavy atom. The van der Waals surface area contributed by atoms with E-state index in [1.807, 2.05) is 13.8 Å². The quantitative estimate of drug-likeness (QED) is 0.159. The second-order valence-electron chi connectivity index (χ2n) is 16.2. The van der Waals surface area contributed by atoms with Gasteiger partial charge >= 0.3 is 47.8 Å². The van der Waals surface area contributed by atoms with Gasteiger partial charge in [-0.25, -0.2) is 4.79 Å². The highest BCUT2D eigenvalue weighted by molar-refractivity contribution is 5.78. The van der Waals surface area contributed by atoms with Gasteiger partial charge in [0.05, 0.1) is 17.9 Å². The minimum absolute atomic E-state index is 0.0150. The summed E-state index contributed by atoms with van der Waals surface area (Å²) >= 11 is 0. The molecule has 2 aliphatic carbocycles. The second-order valence-corrected chi connectivity index (χ2v) is 16.2. The van der Waals surface area contributed by atoms with E-state index in [1.54, 1.807) is 13.8 Å². The summed E-state index contributed by atoms with van der Waals surface area (Å²) in [5.41, 5.74) is -6.30. The van der Waals surface area contributed by atoms with Crippen LogP contribution >= 0.6 is 0 Å². The summed E-state index contributed by atoms with van der Waals surface area (Å²) in [5, 5.41) is 13.0. The van der Waals surface area contributed by atoms with Crippen LogP contribution in [0.1, 0.15) is 82.1 Å². The Balaban J connectivity index is 2.08. The van der Waals surface area contributed by atoms with Gasteiger partial charge in [0.15, 0.2) is 36.6 Å². The van der Waals surface area contributed by atoms with Crippen molar-refractivity contribution in [3.63, 3.8) is 0 Å². The molecule has 1 N–H and O–H groups in total. The molecule has 3 fully saturated rings. The van der Waals surface area contributed by atoms with Crippen LogP contribution in [0.2, 0.25) is 0 Å². The number of ether oxygens (including phenoxy) is 9. The number of hydrogen-bond acceptors (Lipinski definition) is 18. The Morgan fingerprint density at radius 1 is 0.776 bits per heavy atom. The highest BCUT2D eigenvalue weighted by Gasteiger charge is 2.81. The molecule has 2 aliphatic heterocycles. The average molecular weight is 823 g/mol. The molecule has 0 aromatic carbocycles. The van der Waals surface area contributed by atoms with Gasteiger partial charge in [-0.15, -0.1) is 0 Å². The molecular weight excluding hydrogens is 768 g/mol. The first-order chi connectivity index (χ1) is 27.0. The van der Waals surface area contributed by atoms with Gasteiger partial charge in [-0.3, -0.25) is 33.6 Å². The molecule has 11 atom stereocenters. The molecule has 0 amide bonds. The third-order valence-corrected chi connectivity index (χ3v) is 10.7. The zero-order chi connectivity index (χ0) is 43.5. The molecule has 0 radical (unpaired) electrons. The van der Waals surface area contributed by atoms with Crippen LogP contribution in [0.15, 0.2) is 23.8 Å². The number of esters is 8. The summed E-state index contributed by atoms with van der Waals surface area (Å²) in [7, 11) is 0. The van der Waals surface area contributed by atoms with E-state index in [2.05, 4.69) is 0 Å². The molecule has 1 saturated carbocycles. The van der Waals surface area contributed by atoms with E-state index in [0.717, 1.165) is 27.7 Å². The zero-order valence-electron chi connectivity index (χ0n) is 34.4. The van der Waals surface area contributed by atoms with Crippen LogP contribution in [0.4, 0.5) is 0 Å². The minimum atomic E-state index is -2.51. The van der Waals surface area contributed by atoms with Crippen molar-refractivity contribution in [3.05, 3.63) is 23.8 Å². The Hall–Kier alpha value is -4.84. The first-order valence-electron chi connectivity index (χ1n) is 19.1. The molecule has 0 bridgehead atoms. The number of epoxide rings is 1. The van der Waals surface area contributed by atoms with Crippen LogP contribution in [0.25, 0.3) is 0 Å². The maximum absolute atomic E-state index is 13.7. The van der Waals surface area contributed by atoms with E-state index in [4.69, 9.17) is 42.6 Å². The zero-order valence-corrected chi connectivity index (χ0v) is 34.4. The average Bonchev–Trinajstić information content (AvgIpc) is 3.85. The molecule has 0 aromatic heterocycles. The van der Waals surface area contributed by atoms with E-state index in [-0.39, 0.29) is 36.9 Å². The van der Waals surface area contributed by atoms with Crippen molar-refractivity contribution in [3.8, 4) is 0 Å². The van der Waals surface area contributed by atoms with Gasteiger partial charge in [0.1, 0.15) is 24.4 Å². The summed E-state index contributed by atoms with van der Waals surface area (Å²) in [6.45, 7) is 12.5. The standard InChI is InChI=1S/C40H54O18/c1-19(2)13-29(45)50-16-26-11-12-27(57-31(47)17-51-30(46)14-20(3)4)38(10)33(36(56-25(9)44)40(49)21(5)37(48)58-28(40)15-26)39(18-52-39)35(55-24(8)43)32(53-22(6)41)34(38)54-23(7)42/h11-12,15,19-21,27-28,32-36,49H,13-14,16-18H2,1-10H3. The third kappa shape index (κ3) is 9.71. The fourth-order valence-corrected chi connectivity index (χ4v) is 8.19. The van der Waals surface area contributed by atoms with Gasteiger partial charge in [-0.2, -0.15) is 0 Å². The van der Waals surface area contributed by atoms with Crippen LogP contribution in [0.3, 0.4) is 0 Å². The molecule has 58 heavy (non-hydrogen) atoms. The fraction of sp³-hybridized carbons (Fsp3) is 0.700. The second kappa shape index (κ2) is 18.0. The summed E-state index contributed by atoms with van der Waals surface area (Å²) < 4.78 is 52.1. The third-order valence-electron chi connectivity index (χ3n) is 10.7. The molecule has 322 valence electrons. The fourth-order valence-electron chi connectivity index (χ4n) is 8.19. The number of aliphatic hydroxyl groups is 1. The lowest BCUT2D eigenvalue weighted by molar-refractivity contribution is -0.279. The molecule has 1 spiro atoms. The van der Waals surface area contributed by atoms with Crippen LogP contribution in [0, 0.1) is 29.1 Å². The maximum atomic E-state index is 13.7. The summed E-state index contributed by atoms with van der Waals surface area (Å²) in [6, 6.07) is 0. The van der Waals surface area contributed by atoms with Crippen LogP contribution in [-0.2, 0) is 81.0 Å². The molecule has 18 heteroatoms. The largest absolute Gasteiger partial charge is 0.461 e. The summed E-state index contributed by atoms with van der Waals surface area (Å²) in [5.74, 6) is -10.2. The molecule has 11 unspecified atom stereocenters. The smallest absolute Gasteiger partial charge is 0.344 e. The van der Waals surface area contributed by atoms with Crippen molar-refractivity contribution < 1.29 is 86.1 Å². The lowest BCUT2D eigenvalue weighted by Gasteiger charge is -2.59. The van der Waals surface area contributed by atoms with E-state index < -0.39 is 126 Å². The van der Waals surface area contributed by atoms with Crippen LogP contribution in [-0.4, -0.2) is 121 Å². The molecule has 18 nitrogen and oxygen atoms in total. The summed E-state index contributed by atoms with van der Waals surface area (Å²) in [4.78, 5) is 104. The van der Waals surface area contributed by atoms with Crippen molar-refractivity contribution in [2.24, 2.45) is 29.1 Å². The first-order valence-corrected chi connectivity index (χ1v) is 19.1. The predicted molar refractivity (Wildman–Crippen MR) is 194 cm³/mol. The Bertz CT molecular complexity index is 1710. The van der Waals surface area contributed by atoms with Crippen molar-refractivity contribution in [2.75, 3.05) is 19.8 Å². The van der Waals surface area contributed by atoms with Gasteiger partial charge in [0.2, 0.25) is 0 Å². The molecule has 4 aliphatic rings. The number of carbonyl (C=O) groups excluding carboxylic acids is 8. The number of carbonyl (C=O) groups is 8. The van der Waals surface area contributed by atoms with Gasteiger partial charge < -0.3 is 47.7 Å². The maximum Gasteiger partial charge on any atom is 0.344 e. The van der Waals surface area contributed by atoms with E-state index >= 15 is 0 Å². The van der Waals surface area contributed by atoms with Crippen LogP contribution in [0.5, 0.6) is 0 Å². The number of rotatable bonds is 13. The monoisotopic (exact) mass is 822 g/mol. The Kier molecular flexibility index (Phi) is 14.2. The Labute approximate surface area is 336 Å². The lowest BCUT2D eigenvalue weighted by Crippen LogP contribution is -2.76. The van der Waals surface area contributed by atoms with Crippen molar-refractivity contribution >= 4 is 47.8 Å². The topological polar surface area (TPSA) is 243 Å². The SMILES string of the molecule is CC(=O)OC1C(OC(C)=O)C2(CO2)C2C(OC(C)=O)C3(O)C(C=C(COC(=O)CC(C)C)C=CC(OC(=O)COC(=O)CC(C)C)C2(C)C1OC(C)=O)OC(=O)C3C. The Morgan fingerprint density at radius 3 is 1.81 bits per heavy atom. The molecule has 0 aromatic rings. The normalized spacial score (nSPS) is 33.7. The van der Waals surface area contributed by atoms with E-state index in [9.17, 15) is 43.5 Å². The van der Waals surface area contributed by atoms with Gasteiger partial charge in [0, 0.05) is 46.5 Å². The molecule has 2 saturated heterocycles. The minimum Gasteiger partial charge on any atom is -0.461 e. The van der Waals surface area contributed by atoms with Crippen molar-refractivity contribution in [2.45, 2.75) is 130 Å². The van der Waals surface area contributed by atoms with E-state index in [0.29, 0.717) is 0 Å². The van der Waals surface area contributed by atoms with Gasteiger partial charge in [0.25, 0.3) is 0 Å². The van der Waals surface area contributed by atoms with Crippen molar-refractivity contribution in [1.82, 2.24) is 0 Å². The van der Waals surface area contributed by atoms with Gasteiger partial charge in [-0.05, 0) is 36.5 Å². The highest BCUT2D eigenvalue weighted by Crippen LogP contribution is 2.63. The van der Waals surface area contributed by atoms with Crippen molar-refractivity contribution in [1.29, 1.82) is 0 Å². The van der Waals surface area contributed by atoms with Crippen LogP contribution < -0.4 is 0 Å². The first kappa shape index (κ1) is 45.9. The molecular formula is C40H54O18. The molecule has 4 rings (SSSR count). The van der Waals surface area contributed by atoms with Gasteiger partial charge in [-0.1, -0.05) is 40.7 Å². The lowest BCUT2D eigenvalue weighted by atomic mass is 9.51. The number of fused-ring (bicyclic) bond motifs is 3. The summed E-state index contributed by atoms with van der Waals surface area (Å²) in [6.07, 6.45) is -6.24. The van der Waals surface area contributed by atoms with E-state index in [1.165, 1.54) is 32.1 Å². The molecule has 2 heterocycles. The number of hydrogen-bond donors (Lipinski definition) is 1.